The number of benzene rings is 1. The van der Waals surface area contributed by atoms with E-state index in [9.17, 15) is 4.79 Å². The molecule has 0 saturated heterocycles. The lowest BCUT2D eigenvalue weighted by Crippen LogP contribution is -2.11. The number of hydrogen-bond donors (Lipinski definition) is 2. The van der Waals surface area contributed by atoms with E-state index in [0.717, 1.165) is 21.9 Å². The van der Waals surface area contributed by atoms with Crippen LogP contribution in [0.5, 0.6) is 0 Å². The molecule has 3 N–H and O–H groups in total. The molecule has 5 heteroatoms. The number of nitrogens with two attached hydrogens (primary N) is 1. The predicted octanol–water partition coefficient (Wildman–Crippen LogP) is 4.39. The number of amides is 1. The molecule has 1 amide bonds. The molecule has 0 spiro atoms. The van der Waals surface area contributed by atoms with Crippen LogP contribution in [0.15, 0.2) is 35.2 Å². The summed E-state index contributed by atoms with van der Waals surface area (Å²) in [6, 6.07) is 9.54. The van der Waals surface area contributed by atoms with Crippen LogP contribution in [-0.4, -0.2) is 11.7 Å². The van der Waals surface area contributed by atoms with Gasteiger partial charge in [-0.1, -0.05) is 6.92 Å². The molecule has 0 aliphatic heterocycles. The van der Waals surface area contributed by atoms with Crippen LogP contribution in [0.3, 0.4) is 0 Å². The van der Waals surface area contributed by atoms with Gasteiger partial charge in [0.1, 0.15) is 0 Å². The number of carbonyl (C=O) groups is 1. The Bertz CT molecular complexity index is 608. The topological polar surface area (TPSA) is 55.1 Å². The highest BCUT2D eigenvalue weighted by molar-refractivity contribution is 7.99. The summed E-state index contributed by atoms with van der Waals surface area (Å²) in [6.07, 6.45) is 1.12. The van der Waals surface area contributed by atoms with Crippen LogP contribution in [0.4, 0.5) is 11.4 Å². The molecule has 0 saturated carbocycles. The van der Waals surface area contributed by atoms with Gasteiger partial charge in [-0.15, -0.1) is 23.1 Å². The quantitative estimate of drug-likeness (QED) is 0.636. The van der Waals surface area contributed by atoms with E-state index in [0.29, 0.717) is 16.3 Å². The van der Waals surface area contributed by atoms with Gasteiger partial charge in [-0.05, 0) is 49.4 Å². The Hall–Kier alpha value is -1.46. The lowest BCUT2D eigenvalue weighted by molar-refractivity contribution is 0.103. The molecule has 106 valence electrons. The van der Waals surface area contributed by atoms with Crippen molar-refractivity contribution in [3.63, 3.8) is 0 Å². The highest BCUT2D eigenvalue weighted by Crippen LogP contribution is 2.28. The standard InChI is InChI=1S/C15H18N2OS2/c1-3-8-19-11-5-6-12(16)13(9-11)17-15(18)14-7-4-10(2)20-14/h4-7,9H,3,8,16H2,1-2H3,(H,17,18). The summed E-state index contributed by atoms with van der Waals surface area (Å²) < 4.78 is 0. The molecule has 0 bridgehead atoms. The average molecular weight is 306 g/mol. The maximum absolute atomic E-state index is 12.1. The zero-order valence-electron chi connectivity index (χ0n) is 11.6. The molecule has 0 atom stereocenters. The summed E-state index contributed by atoms with van der Waals surface area (Å²) in [7, 11) is 0. The molecule has 0 fully saturated rings. The van der Waals surface area contributed by atoms with Crippen molar-refractivity contribution in [3.8, 4) is 0 Å². The van der Waals surface area contributed by atoms with Gasteiger partial charge in [0.25, 0.3) is 5.91 Å². The molecule has 1 heterocycles. The van der Waals surface area contributed by atoms with Gasteiger partial charge < -0.3 is 11.1 Å². The zero-order valence-corrected chi connectivity index (χ0v) is 13.2. The van der Waals surface area contributed by atoms with Crippen LogP contribution >= 0.6 is 23.1 Å². The van der Waals surface area contributed by atoms with E-state index in [4.69, 9.17) is 5.73 Å². The minimum absolute atomic E-state index is 0.104. The Morgan fingerprint density at radius 2 is 2.15 bits per heavy atom. The Kier molecular flexibility index (Phi) is 5.09. The van der Waals surface area contributed by atoms with Gasteiger partial charge in [0.05, 0.1) is 16.3 Å². The third-order valence-electron chi connectivity index (χ3n) is 2.71. The number of carbonyl (C=O) groups excluding carboxylic acids is 1. The van der Waals surface area contributed by atoms with Crippen molar-refractivity contribution in [1.82, 2.24) is 0 Å². The first kappa shape index (κ1) is 14.9. The lowest BCUT2D eigenvalue weighted by Gasteiger charge is -2.09. The SMILES string of the molecule is CCCSc1ccc(N)c(NC(=O)c2ccc(C)s2)c1. The van der Waals surface area contributed by atoms with E-state index in [1.165, 1.54) is 11.3 Å². The van der Waals surface area contributed by atoms with E-state index >= 15 is 0 Å². The molecular weight excluding hydrogens is 288 g/mol. The van der Waals surface area contributed by atoms with Gasteiger partial charge in [0.15, 0.2) is 0 Å². The Morgan fingerprint density at radius 1 is 1.35 bits per heavy atom. The average Bonchev–Trinajstić information content (AvgIpc) is 2.86. The van der Waals surface area contributed by atoms with Crippen LogP contribution in [0, 0.1) is 6.92 Å². The molecule has 0 radical (unpaired) electrons. The number of anilines is 2. The third-order valence-corrected chi connectivity index (χ3v) is 4.91. The summed E-state index contributed by atoms with van der Waals surface area (Å²) in [5, 5.41) is 2.89. The van der Waals surface area contributed by atoms with Crippen molar-refractivity contribution in [1.29, 1.82) is 0 Å². The number of nitrogens with one attached hydrogen (secondary N) is 1. The van der Waals surface area contributed by atoms with Gasteiger partial charge in [-0.3, -0.25) is 4.79 Å². The summed E-state index contributed by atoms with van der Waals surface area (Å²) in [6.45, 7) is 4.13. The predicted molar refractivity (Wildman–Crippen MR) is 88.9 cm³/mol. The molecule has 20 heavy (non-hydrogen) atoms. The lowest BCUT2D eigenvalue weighted by atomic mass is 10.2. The highest BCUT2D eigenvalue weighted by Gasteiger charge is 2.10. The van der Waals surface area contributed by atoms with Gasteiger partial charge >= 0.3 is 0 Å². The maximum Gasteiger partial charge on any atom is 0.265 e. The smallest absolute Gasteiger partial charge is 0.265 e. The molecule has 1 aromatic carbocycles. The molecule has 3 nitrogen and oxygen atoms in total. The number of rotatable bonds is 5. The summed E-state index contributed by atoms with van der Waals surface area (Å²) >= 11 is 3.25. The fraction of sp³-hybridized carbons (Fsp3) is 0.267. The summed E-state index contributed by atoms with van der Waals surface area (Å²) in [4.78, 5) is 15.1. The monoisotopic (exact) mass is 306 g/mol. The van der Waals surface area contributed by atoms with Gasteiger partial charge in [-0.25, -0.2) is 0 Å². The minimum atomic E-state index is -0.104. The first-order valence-electron chi connectivity index (χ1n) is 6.50. The van der Waals surface area contributed by atoms with Gasteiger partial charge in [0.2, 0.25) is 0 Å². The molecule has 0 unspecified atom stereocenters. The molecule has 0 aliphatic rings. The first-order chi connectivity index (χ1) is 9.60. The maximum atomic E-state index is 12.1. The molecule has 1 aromatic heterocycles. The van der Waals surface area contributed by atoms with Crippen molar-refractivity contribution >= 4 is 40.4 Å². The van der Waals surface area contributed by atoms with Crippen LogP contribution in [0.1, 0.15) is 27.9 Å². The van der Waals surface area contributed by atoms with Crippen LogP contribution in [0.2, 0.25) is 0 Å². The van der Waals surface area contributed by atoms with Crippen molar-refractivity contribution in [2.24, 2.45) is 0 Å². The Balaban J connectivity index is 2.13. The Morgan fingerprint density at radius 3 is 2.80 bits per heavy atom. The van der Waals surface area contributed by atoms with Crippen molar-refractivity contribution in [2.45, 2.75) is 25.2 Å². The fourth-order valence-corrected chi connectivity index (χ4v) is 3.26. The molecule has 2 aromatic rings. The third kappa shape index (κ3) is 3.77. The second-order valence-corrected chi connectivity index (χ2v) is 6.92. The molecule has 0 aliphatic carbocycles. The second-order valence-electron chi connectivity index (χ2n) is 4.46. The second kappa shape index (κ2) is 6.81. The van der Waals surface area contributed by atoms with E-state index in [1.807, 2.05) is 37.3 Å². The van der Waals surface area contributed by atoms with Crippen LogP contribution < -0.4 is 11.1 Å². The van der Waals surface area contributed by atoms with Gasteiger partial charge in [-0.2, -0.15) is 0 Å². The van der Waals surface area contributed by atoms with Crippen LogP contribution in [-0.2, 0) is 0 Å². The largest absolute Gasteiger partial charge is 0.397 e. The van der Waals surface area contributed by atoms with E-state index < -0.39 is 0 Å². The van der Waals surface area contributed by atoms with Crippen molar-refractivity contribution in [2.75, 3.05) is 16.8 Å². The van der Waals surface area contributed by atoms with E-state index in [2.05, 4.69) is 12.2 Å². The van der Waals surface area contributed by atoms with Gasteiger partial charge in [0, 0.05) is 9.77 Å². The zero-order chi connectivity index (χ0) is 14.5. The first-order valence-corrected chi connectivity index (χ1v) is 8.30. The number of thioether (sulfide) groups is 1. The number of hydrogen-bond acceptors (Lipinski definition) is 4. The summed E-state index contributed by atoms with van der Waals surface area (Å²) in [5.74, 6) is 0.953. The van der Waals surface area contributed by atoms with E-state index in [1.54, 1.807) is 11.8 Å². The van der Waals surface area contributed by atoms with E-state index in [-0.39, 0.29) is 5.91 Å². The summed E-state index contributed by atoms with van der Waals surface area (Å²) in [5.41, 5.74) is 7.20. The molecule has 2 rings (SSSR count). The number of aryl methyl sites for hydroxylation is 1. The Labute approximate surface area is 127 Å². The minimum Gasteiger partial charge on any atom is -0.397 e. The normalized spacial score (nSPS) is 10.5. The fourth-order valence-electron chi connectivity index (χ4n) is 1.69. The van der Waals surface area contributed by atoms with Crippen molar-refractivity contribution < 1.29 is 4.79 Å². The van der Waals surface area contributed by atoms with Crippen molar-refractivity contribution in [3.05, 3.63) is 40.1 Å². The van der Waals surface area contributed by atoms with Crippen LogP contribution in [0.25, 0.3) is 0 Å². The number of thiophene rings is 1. The number of nitrogen functional groups attached to an aromatic ring is 1. The molecular formula is C15H18N2OS2. The highest BCUT2D eigenvalue weighted by atomic mass is 32.2.